The predicted octanol–water partition coefficient (Wildman–Crippen LogP) is 1.99. The molecule has 1 saturated heterocycles. The number of amides is 1. The zero-order valence-corrected chi connectivity index (χ0v) is 12.8. The third-order valence-corrected chi connectivity index (χ3v) is 4.20. The molecule has 0 atom stereocenters. The average molecular weight is 326 g/mol. The van der Waals surface area contributed by atoms with Gasteiger partial charge in [-0.05, 0) is 44.1 Å². The van der Waals surface area contributed by atoms with Gasteiger partial charge in [0.15, 0.2) is 0 Å². The molecule has 0 aromatic heterocycles. The van der Waals surface area contributed by atoms with Crippen molar-refractivity contribution < 1.29 is 4.79 Å². The molecule has 2 rings (SSSR count). The van der Waals surface area contributed by atoms with Crippen molar-refractivity contribution in [1.82, 2.24) is 10.2 Å². The maximum absolute atomic E-state index is 12.1. The van der Waals surface area contributed by atoms with Crippen LogP contribution in [0.1, 0.15) is 12.0 Å². The van der Waals surface area contributed by atoms with Gasteiger partial charge in [0.25, 0.3) is 0 Å². The van der Waals surface area contributed by atoms with Crippen molar-refractivity contribution in [2.45, 2.75) is 13.3 Å². The first-order valence-electron chi connectivity index (χ1n) is 6.65. The van der Waals surface area contributed by atoms with Crippen molar-refractivity contribution in [2.75, 3.05) is 38.0 Å². The lowest BCUT2D eigenvalue weighted by Crippen LogP contribution is -2.35. The first-order valence-corrected chi connectivity index (χ1v) is 7.44. The summed E-state index contributed by atoms with van der Waals surface area (Å²) in [5.41, 5.74) is 1.95. The predicted molar refractivity (Wildman–Crippen MR) is 81.4 cm³/mol. The van der Waals surface area contributed by atoms with Gasteiger partial charge in [0.2, 0.25) is 5.91 Å². The molecule has 4 nitrogen and oxygen atoms in total. The summed E-state index contributed by atoms with van der Waals surface area (Å²) >= 11 is 3.47. The SMILES string of the molecule is Cc1c(Br)cccc1NC(=O)CN1CCCNCC1. The molecule has 1 aromatic carbocycles. The van der Waals surface area contributed by atoms with Crippen LogP contribution in [0.4, 0.5) is 5.69 Å². The molecule has 1 aromatic rings. The van der Waals surface area contributed by atoms with Crippen LogP contribution in [0.25, 0.3) is 0 Å². The van der Waals surface area contributed by atoms with E-state index in [1.165, 1.54) is 0 Å². The summed E-state index contributed by atoms with van der Waals surface area (Å²) in [6.07, 6.45) is 1.10. The van der Waals surface area contributed by atoms with E-state index < -0.39 is 0 Å². The summed E-state index contributed by atoms with van der Waals surface area (Å²) in [4.78, 5) is 14.3. The maximum atomic E-state index is 12.1. The quantitative estimate of drug-likeness (QED) is 0.893. The van der Waals surface area contributed by atoms with Crippen LogP contribution in [0, 0.1) is 6.92 Å². The summed E-state index contributed by atoms with van der Waals surface area (Å²) < 4.78 is 1.02. The zero-order chi connectivity index (χ0) is 13.7. The minimum absolute atomic E-state index is 0.0584. The lowest BCUT2D eigenvalue weighted by molar-refractivity contribution is -0.117. The Bertz CT molecular complexity index is 442. The van der Waals surface area contributed by atoms with Gasteiger partial charge in [-0.1, -0.05) is 22.0 Å². The number of nitrogens with zero attached hydrogens (tertiary/aromatic N) is 1. The fraction of sp³-hybridized carbons (Fsp3) is 0.500. The Balaban J connectivity index is 1.91. The van der Waals surface area contributed by atoms with Crippen LogP contribution in [-0.2, 0) is 4.79 Å². The Hall–Kier alpha value is -0.910. The number of carbonyl (C=O) groups is 1. The topological polar surface area (TPSA) is 44.4 Å². The number of hydrogen-bond donors (Lipinski definition) is 2. The highest BCUT2D eigenvalue weighted by molar-refractivity contribution is 9.10. The van der Waals surface area contributed by atoms with Gasteiger partial charge in [-0.2, -0.15) is 0 Å². The van der Waals surface area contributed by atoms with Crippen molar-refractivity contribution in [3.8, 4) is 0 Å². The van der Waals surface area contributed by atoms with Crippen molar-refractivity contribution >= 4 is 27.5 Å². The summed E-state index contributed by atoms with van der Waals surface area (Å²) in [7, 11) is 0. The number of benzene rings is 1. The second kappa shape index (κ2) is 7.03. The molecule has 0 aliphatic carbocycles. The molecular weight excluding hydrogens is 306 g/mol. The summed E-state index contributed by atoms with van der Waals surface area (Å²) in [6.45, 7) is 6.39. The van der Waals surface area contributed by atoms with Crippen molar-refractivity contribution in [1.29, 1.82) is 0 Å². The van der Waals surface area contributed by atoms with E-state index in [4.69, 9.17) is 0 Å². The van der Waals surface area contributed by atoms with Gasteiger partial charge >= 0.3 is 0 Å². The molecule has 1 amide bonds. The standard InChI is InChI=1S/C14H20BrN3O/c1-11-12(15)4-2-5-13(11)17-14(19)10-18-8-3-6-16-7-9-18/h2,4-5,16H,3,6-10H2,1H3,(H,17,19). The van der Waals surface area contributed by atoms with Crippen LogP contribution in [0.15, 0.2) is 22.7 Å². The van der Waals surface area contributed by atoms with Crippen LogP contribution < -0.4 is 10.6 Å². The molecule has 1 aliphatic heterocycles. The molecular formula is C14H20BrN3O. The first-order chi connectivity index (χ1) is 9.16. The second-order valence-electron chi connectivity index (χ2n) is 4.84. The fourth-order valence-electron chi connectivity index (χ4n) is 2.20. The van der Waals surface area contributed by atoms with Gasteiger partial charge in [-0.15, -0.1) is 0 Å². The molecule has 0 spiro atoms. The van der Waals surface area contributed by atoms with Crippen LogP contribution >= 0.6 is 15.9 Å². The van der Waals surface area contributed by atoms with Crippen molar-refractivity contribution in [3.63, 3.8) is 0 Å². The monoisotopic (exact) mass is 325 g/mol. The minimum atomic E-state index is 0.0584. The molecule has 5 heteroatoms. The van der Waals surface area contributed by atoms with Crippen LogP contribution in [-0.4, -0.2) is 43.5 Å². The highest BCUT2D eigenvalue weighted by Crippen LogP contribution is 2.23. The molecule has 0 unspecified atom stereocenters. The largest absolute Gasteiger partial charge is 0.325 e. The van der Waals surface area contributed by atoms with Gasteiger partial charge in [-0.25, -0.2) is 0 Å². The van der Waals surface area contributed by atoms with E-state index in [9.17, 15) is 4.79 Å². The lowest BCUT2D eigenvalue weighted by Gasteiger charge is -2.19. The second-order valence-corrected chi connectivity index (χ2v) is 5.69. The molecule has 0 bridgehead atoms. The Labute approximate surface area is 122 Å². The van der Waals surface area contributed by atoms with E-state index >= 15 is 0 Å². The van der Waals surface area contributed by atoms with E-state index in [1.54, 1.807) is 0 Å². The number of carbonyl (C=O) groups excluding carboxylic acids is 1. The molecule has 0 saturated carbocycles. The van der Waals surface area contributed by atoms with E-state index in [-0.39, 0.29) is 5.91 Å². The number of anilines is 1. The summed E-state index contributed by atoms with van der Waals surface area (Å²) in [6, 6.07) is 5.84. The Morgan fingerprint density at radius 2 is 2.26 bits per heavy atom. The van der Waals surface area contributed by atoms with Gasteiger partial charge in [-0.3, -0.25) is 9.69 Å². The first kappa shape index (κ1) is 14.5. The van der Waals surface area contributed by atoms with E-state index in [2.05, 4.69) is 31.5 Å². The van der Waals surface area contributed by atoms with Gasteiger partial charge in [0.05, 0.1) is 6.54 Å². The van der Waals surface area contributed by atoms with Crippen LogP contribution in [0.5, 0.6) is 0 Å². The number of hydrogen-bond acceptors (Lipinski definition) is 3. The molecule has 1 aliphatic rings. The van der Waals surface area contributed by atoms with Crippen LogP contribution in [0.3, 0.4) is 0 Å². The highest BCUT2D eigenvalue weighted by atomic mass is 79.9. The fourth-order valence-corrected chi connectivity index (χ4v) is 2.56. The smallest absolute Gasteiger partial charge is 0.238 e. The molecule has 1 fully saturated rings. The van der Waals surface area contributed by atoms with Gasteiger partial charge in [0, 0.05) is 23.2 Å². The summed E-state index contributed by atoms with van der Waals surface area (Å²) in [5, 5.41) is 6.32. The lowest BCUT2D eigenvalue weighted by atomic mass is 10.2. The molecule has 19 heavy (non-hydrogen) atoms. The summed E-state index contributed by atoms with van der Waals surface area (Å²) in [5.74, 6) is 0.0584. The molecule has 1 heterocycles. The van der Waals surface area contributed by atoms with E-state index in [0.717, 1.165) is 48.3 Å². The van der Waals surface area contributed by atoms with Crippen molar-refractivity contribution in [2.24, 2.45) is 0 Å². The van der Waals surface area contributed by atoms with Crippen molar-refractivity contribution in [3.05, 3.63) is 28.2 Å². The number of halogens is 1. The van der Waals surface area contributed by atoms with Gasteiger partial charge < -0.3 is 10.6 Å². The Morgan fingerprint density at radius 1 is 1.42 bits per heavy atom. The third kappa shape index (κ3) is 4.30. The Morgan fingerprint density at radius 3 is 3.11 bits per heavy atom. The van der Waals surface area contributed by atoms with E-state index in [1.807, 2.05) is 25.1 Å². The molecule has 0 radical (unpaired) electrons. The molecule has 2 N–H and O–H groups in total. The van der Waals surface area contributed by atoms with E-state index in [0.29, 0.717) is 6.54 Å². The number of nitrogens with one attached hydrogen (secondary N) is 2. The van der Waals surface area contributed by atoms with Crippen LogP contribution in [0.2, 0.25) is 0 Å². The normalized spacial score (nSPS) is 16.9. The zero-order valence-electron chi connectivity index (χ0n) is 11.2. The highest BCUT2D eigenvalue weighted by Gasteiger charge is 2.13. The third-order valence-electron chi connectivity index (χ3n) is 3.34. The average Bonchev–Trinajstić information content (AvgIpc) is 2.63. The maximum Gasteiger partial charge on any atom is 0.238 e. The minimum Gasteiger partial charge on any atom is -0.325 e. The van der Waals surface area contributed by atoms with Gasteiger partial charge in [0.1, 0.15) is 0 Å². The Kier molecular flexibility index (Phi) is 5.36. The molecule has 104 valence electrons. The number of rotatable bonds is 3.